The van der Waals surface area contributed by atoms with E-state index in [1.165, 1.54) is 6.92 Å². The molecule has 0 aromatic carbocycles. The molecular formula is C10H16N2O3S. The standard InChI is InChI=1S/C10H16N2O3S/c1-7-9(4-3-5-10(14)15)16-6-12(7)11-8(2)13/h3-6H2,1-2H3,(H,11,13)(H,14,15). The first-order chi connectivity index (χ1) is 7.50. The predicted octanol–water partition coefficient (Wildman–Crippen LogP) is 1.53. The molecule has 0 aromatic heterocycles. The molecule has 0 spiro atoms. The molecule has 1 amide bonds. The number of hydrogen-bond donors (Lipinski definition) is 2. The highest BCUT2D eigenvalue weighted by Crippen LogP contribution is 2.33. The van der Waals surface area contributed by atoms with Gasteiger partial charge in [0.2, 0.25) is 5.91 Å². The Hall–Kier alpha value is -1.17. The molecule has 0 radical (unpaired) electrons. The molecule has 0 saturated heterocycles. The van der Waals surface area contributed by atoms with Gasteiger partial charge in [-0.3, -0.25) is 20.0 Å². The molecule has 0 atom stereocenters. The quantitative estimate of drug-likeness (QED) is 0.767. The fourth-order valence-corrected chi connectivity index (χ4v) is 2.60. The Morgan fingerprint density at radius 2 is 2.25 bits per heavy atom. The lowest BCUT2D eigenvalue weighted by Crippen LogP contribution is -2.37. The van der Waals surface area contributed by atoms with Crippen LogP contribution in [-0.4, -0.2) is 27.9 Å². The Bertz CT molecular complexity index is 328. The van der Waals surface area contributed by atoms with Crippen molar-refractivity contribution in [2.24, 2.45) is 0 Å². The summed E-state index contributed by atoms with van der Waals surface area (Å²) >= 11 is 1.65. The van der Waals surface area contributed by atoms with E-state index in [4.69, 9.17) is 5.11 Å². The normalized spacial score (nSPS) is 15.5. The molecule has 1 aliphatic rings. The second-order valence-electron chi connectivity index (χ2n) is 3.63. The highest BCUT2D eigenvalue weighted by Gasteiger charge is 2.20. The number of hydrazine groups is 1. The number of hydrogen-bond acceptors (Lipinski definition) is 4. The van der Waals surface area contributed by atoms with Gasteiger partial charge in [-0.15, -0.1) is 11.8 Å². The topological polar surface area (TPSA) is 69.6 Å². The minimum absolute atomic E-state index is 0.0910. The minimum atomic E-state index is -0.764. The second-order valence-corrected chi connectivity index (χ2v) is 4.67. The Morgan fingerprint density at radius 1 is 1.56 bits per heavy atom. The van der Waals surface area contributed by atoms with Crippen LogP contribution in [0.25, 0.3) is 0 Å². The molecule has 0 unspecified atom stereocenters. The van der Waals surface area contributed by atoms with E-state index in [0.717, 1.165) is 17.0 Å². The first-order valence-electron chi connectivity index (χ1n) is 5.10. The van der Waals surface area contributed by atoms with Crippen molar-refractivity contribution in [2.45, 2.75) is 33.1 Å². The molecule has 0 fully saturated rings. The van der Waals surface area contributed by atoms with Crippen LogP contribution < -0.4 is 5.43 Å². The molecule has 2 N–H and O–H groups in total. The van der Waals surface area contributed by atoms with E-state index >= 15 is 0 Å². The average molecular weight is 244 g/mol. The number of rotatable bonds is 5. The monoisotopic (exact) mass is 244 g/mol. The van der Waals surface area contributed by atoms with Gasteiger partial charge in [0, 0.05) is 23.9 Å². The molecule has 1 rings (SSSR count). The maximum atomic E-state index is 10.9. The zero-order valence-electron chi connectivity index (χ0n) is 9.45. The Labute approximate surface area is 98.8 Å². The Balaban J connectivity index is 2.44. The van der Waals surface area contributed by atoms with Crippen LogP contribution in [0.15, 0.2) is 10.6 Å². The van der Waals surface area contributed by atoms with E-state index in [2.05, 4.69) is 5.43 Å². The first-order valence-corrected chi connectivity index (χ1v) is 6.08. The van der Waals surface area contributed by atoms with Gasteiger partial charge in [0.15, 0.2) is 0 Å². The van der Waals surface area contributed by atoms with Crippen molar-refractivity contribution in [2.75, 3.05) is 5.88 Å². The minimum Gasteiger partial charge on any atom is -0.481 e. The lowest BCUT2D eigenvalue weighted by Gasteiger charge is -2.18. The SMILES string of the molecule is CC(=O)NN1CSC(CCCC(=O)O)=C1C. The van der Waals surface area contributed by atoms with Crippen LogP contribution in [0, 0.1) is 0 Å². The molecule has 90 valence electrons. The van der Waals surface area contributed by atoms with Crippen molar-refractivity contribution in [3.63, 3.8) is 0 Å². The summed E-state index contributed by atoms with van der Waals surface area (Å²) in [7, 11) is 0. The fourth-order valence-electron chi connectivity index (χ4n) is 1.45. The summed E-state index contributed by atoms with van der Waals surface area (Å²) in [6.07, 6.45) is 1.60. The number of carboxylic acid groups (broad SMARTS) is 1. The van der Waals surface area contributed by atoms with E-state index in [1.807, 2.05) is 6.92 Å². The van der Waals surface area contributed by atoms with Crippen molar-refractivity contribution in [3.8, 4) is 0 Å². The van der Waals surface area contributed by atoms with E-state index in [0.29, 0.717) is 12.3 Å². The van der Waals surface area contributed by atoms with E-state index < -0.39 is 5.97 Å². The third kappa shape index (κ3) is 3.77. The van der Waals surface area contributed by atoms with Crippen LogP contribution in [0.5, 0.6) is 0 Å². The lowest BCUT2D eigenvalue weighted by molar-refractivity contribution is -0.137. The van der Waals surface area contributed by atoms with Crippen LogP contribution in [0.3, 0.4) is 0 Å². The fraction of sp³-hybridized carbons (Fsp3) is 0.600. The zero-order chi connectivity index (χ0) is 12.1. The molecule has 0 saturated carbocycles. The van der Waals surface area contributed by atoms with Crippen molar-refractivity contribution in [1.29, 1.82) is 0 Å². The van der Waals surface area contributed by atoms with Crippen LogP contribution >= 0.6 is 11.8 Å². The molecule has 0 aromatic rings. The summed E-state index contributed by atoms with van der Waals surface area (Å²) in [5.41, 5.74) is 3.74. The number of carbonyl (C=O) groups is 2. The van der Waals surface area contributed by atoms with Gasteiger partial charge in [-0.05, 0) is 19.8 Å². The summed E-state index contributed by atoms with van der Waals surface area (Å²) in [6, 6.07) is 0. The summed E-state index contributed by atoms with van der Waals surface area (Å²) in [5.74, 6) is -0.153. The number of carbonyl (C=O) groups excluding carboxylic acids is 1. The number of nitrogens with zero attached hydrogens (tertiary/aromatic N) is 1. The third-order valence-electron chi connectivity index (χ3n) is 2.26. The highest BCUT2D eigenvalue weighted by molar-refractivity contribution is 8.03. The predicted molar refractivity (Wildman–Crippen MR) is 62.3 cm³/mol. The van der Waals surface area contributed by atoms with Gasteiger partial charge >= 0.3 is 5.97 Å². The van der Waals surface area contributed by atoms with Gasteiger partial charge in [0.1, 0.15) is 0 Å². The number of carboxylic acids is 1. The molecule has 5 nitrogen and oxygen atoms in total. The zero-order valence-corrected chi connectivity index (χ0v) is 10.3. The van der Waals surface area contributed by atoms with Gasteiger partial charge in [0.25, 0.3) is 0 Å². The smallest absolute Gasteiger partial charge is 0.303 e. The van der Waals surface area contributed by atoms with Crippen LogP contribution in [0.1, 0.15) is 33.1 Å². The first kappa shape index (κ1) is 12.9. The van der Waals surface area contributed by atoms with E-state index in [9.17, 15) is 9.59 Å². The summed E-state index contributed by atoms with van der Waals surface area (Å²) in [5, 5.41) is 10.3. The third-order valence-corrected chi connectivity index (χ3v) is 3.50. The summed E-state index contributed by atoms with van der Waals surface area (Å²) in [4.78, 5) is 22.4. The van der Waals surface area contributed by atoms with Crippen molar-refractivity contribution < 1.29 is 14.7 Å². The maximum absolute atomic E-state index is 10.9. The molecule has 1 heterocycles. The second kappa shape index (κ2) is 5.79. The van der Waals surface area contributed by atoms with Crippen molar-refractivity contribution >= 4 is 23.6 Å². The van der Waals surface area contributed by atoms with Crippen LogP contribution in [0.2, 0.25) is 0 Å². The number of amides is 1. The highest BCUT2D eigenvalue weighted by atomic mass is 32.2. The van der Waals surface area contributed by atoms with Gasteiger partial charge < -0.3 is 5.11 Å². The largest absolute Gasteiger partial charge is 0.481 e. The maximum Gasteiger partial charge on any atom is 0.303 e. The average Bonchev–Trinajstić information content (AvgIpc) is 2.48. The van der Waals surface area contributed by atoms with Crippen LogP contribution in [0.4, 0.5) is 0 Å². The van der Waals surface area contributed by atoms with Crippen LogP contribution in [-0.2, 0) is 9.59 Å². The van der Waals surface area contributed by atoms with Crippen molar-refractivity contribution in [3.05, 3.63) is 10.6 Å². The molecule has 1 aliphatic heterocycles. The molecule has 0 aliphatic carbocycles. The molecule has 6 heteroatoms. The summed E-state index contributed by atoms with van der Waals surface area (Å²) in [6.45, 7) is 3.41. The number of allylic oxidation sites excluding steroid dienone is 2. The van der Waals surface area contributed by atoms with Gasteiger partial charge in [-0.2, -0.15) is 0 Å². The summed E-state index contributed by atoms with van der Waals surface area (Å²) < 4.78 is 0. The van der Waals surface area contributed by atoms with Crippen molar-refractivity contribution in [1.82, 2.24) is 10.4 Å². The molecular weight excluding hydrogens is 228 g/mol. The lowest BCUT2D eigenvalue weighted by atomic mass is 10.2. The number of aliphatic carboxylic acids is 1. The van der Waals surface area contributed by atoms with E-state index in [-0.39, 0.29) is 12.3 Å². The van der Waals surface area contributed by atoms with Gasteiger partial charge in [-0.25, -0.2) is 0 Å². The number of thioether (sulfide) groups is 1. The molecule has 0 bridgehead atoms. The molecule has 16 heavy (non-hydrogen) atoms. The van der Waals surface area contributed by atoms with Gasteiger partial charge in [0.05, 0.1) is 5.88 Å². The van der Waals surface area contributed by atoms with Gasteiger partial charge in [-0.1, -0.05) is 0 Å². The Morgan fingerprint density at radius 3 is 2.81 bits per heavy atom. The Kier molecular flexibility index (Phi) is 4.67. The van der Waals surface area contributed by atoms with E-state index in [1.54, 1.807) is 16.8 Å². The number of nitrogens with one attached hydrogen (secondary N) is 1.